The van der Waals surface area contributed by atoms with Crippen LogP contribution in [0, 0.1) is 19.7 Å². The quantitative estimate of drug-likeness (QED) is 0.457. The molecule has 2 aromatic carbocycles. The third-order valence-corrected chi connectivity index (χ3v) is 5.80. The molecule has 0 spiro atoms. The summed E-state index contributed by atoms with van der Waals surface area (Å²) in [6.07, 6.45) is 1.97. The van der Waals surface area contributed by atoms with Crippen molar-refractivity contribution in [2.24, 2.45) is 0 Å². The summed E-state index contributed by atoms with van der Waals surface area (Å²) in [5.74, 6) is -0.382. The van der Waals surface area contributed by atoms with E-state index in [-0.39, 0.29) is 18.1 Å². The Hall–Kier alpha value is -3.12. The first-order valence-electron chi connectivity index (χ1n) is 9.32. The number of pyridine rings is 1. The molecule has 0 fully saturated rings. The van der Waals surface area contributed by atoms with Crippen LogP contribution in [0.5, 0.6) is 0 Å². The van der Waals surface area contributed by atoms with E-state index >= 15 is 0 Å². The van der Waals surface area contributed by atoms with E-state index in [1.54, 1.807) is 17.2 Å². The van der Waals surface area contributed by atoms with E-state index in [1.165, 1.54) is 23.5 Å². The first kappa shape index (κ1) is 19.2. The van der Waals surface area contributed by atoms with Crippen LogP contribution in [-0.2, 0) is 17.8 Å². The molecule has 6 heteroatoms. The van der Waals surface area contributed by atoms with Crippen LogP contribution < -0.4 is 4.90 Å². The minimum absolute atomic E-state index is 0.0675. The topological polar surface area (TPSA) is 46.1 Å². The zero-order chi connectivity index (χ0) is 20.4. The molecule has 2 aromatic heterocycles. The van der Waals surface area contributed by atoms with Crippen LogP contribution >= 0.6 is 11.3 Å². The predicted octanol–water partition coefficient (Wildman–Crippen LogP) is 5.22. The summed E-state index contributed by atoms with van der Waals surface area (Å²) >= 11 is 1.31. The summed E-state index contributed by atoms with van der Waals surface area (Å²) in [7, 11) is 0. The maximum atomic E-state index is 13.6. The smallest absolute Gasteiger partial charge is 0.233 e. The molecule has 4 aromatic rings. The average molecular weight is 405 g/mol. The van der Waals surface area contributed by atoms with Crippen LogP contribution in [0.4, 0.5) is 9.52 Å². The number of carbonyl (C=O) groups is 1. The van der Waals surface area contributed by atoms with Crippen molar-refractivity contribution in [2.45, 2.75) is 26.8 Å². The van der Waals surface area contributed by atoms with Gasteiger partial charge in [0.15, 0.2) is 5.13 Å². The van der Waals surface area contributed by atoms with E-state index in [4.69, 9.17) is 0 Å². The van der Waals surface area contributed by atoms with Gasteiger partial charge in [-0.3, -0.25) is 14.7 Å². The van der Waals surface area contributed by atoms with Crippen LogP contribution in [0.1, 0.15) is 22.4 Å². The molecular weight excluding hydrogens is 385 g/mol. The molecule has 0 aliphatic heterocycles. The number of amides is 1. The average Bonchev–Trinajstić information content (AvgIpc) is 3.11. The Kier molecular flexibility index (Phi) is 5.36. The fourth-order valence-corrected chi connectivity index (χ4v) is 4.23. The molecule has 146 valence electrons. The minimum Gasteiger partial charge on any atom is -0.282 e. The number of rotatable bonds is 5. The van der Waals surface area contributed by atoms with Gasteiger partial charge in [0.2, 0.25) is 5.91 Å². The molecule has 0 aliphatic carbocycles. The number of fused-ring (bicyclic) bond motifs is 1. The van der Waals surface area contributed by atoms with Crippen molar-refractivity contribution in [1.82, 2.24) is 9.97 Å². The summed E-state index contributed by atoms with van der Waals surface area (Å²) in [6, 6.07) is 16.2. The fraction of sp³-hybridized carbons (Fsp3) is 0.174. The second-order valence-corrected chi connectivity index (χ2v) is 8.03. The first-order chi connectivity index (χ1) is 14.0. The highest BCUT2D eigenvalue weighted by Gasteiger charge is 2.21. The number of thiazole rings is 1. The number of aromatic nitrogens is 2. The third-order valence-electron chi connectivity index (χ3n) is 4.76. The van der Waals surface area contributed by atoms with Crippen molar-refractivity contribution in [3.8, 4) is 0 Å². The lowest BCUT2D eigenvalue weighted by Gasteiger charge is -2.20. The zero-order valence-corrected chi connectivity index (χ0v) is 17.0. The maximum Gasteiger partial charge on any atom is 0.233 e. The number of hydrogen-bond donors (Lipinski definition) is 0. The molecule has 0 radical (unpaired) electrons. The highest BCUT2D eigenvalue weighted by atomic mass is 32.1. The van der Waals surface area contributed by atoms with Gasteiger partial charge < -0.3 is 0 Å². The van der Waals surface area contributed by atoms with Gasteiger partial charge in [0, 0.05) is 6.20 Å². The Morgan fingerprint density at radius 1 is 1.10 bits per heavy atom. The van der Waals surface area contributed by atoms with E-state index in [2.05, 4.69) is 16.0 Å². The molecule has 0 saturated heterocycles. The summed E-state index contributed by atoms with van der Waals surface area (Å²) in [4.78, 5) is 23.9. The van der Waals surface area contributed by atoms with Gasteiger partial charge in [-0.1, -0.05) is 41.2 Å². The molecule has 0 aliphatic rings. The van der Waals surface area contributed by atoms with E-state index < -0.39 is 0 Å². The molecule has 4 nitrogen and oxygen atoms in total. The van der Waals surface area contributed by atoms with Crippen molar-refractivity contribution in [3.63, 3.8) is 0 Å². The number of hydrogen-bond acceptors (Lipinski definition) is 4. The number of anilines is 1. The standard InChI is InChI=1S/C23H20FN3OS/c1-15-6-7-17(16(2)11-15)12-22(28)27(14-19-5-3-4-10-25-19)23-26-20-9-8-18(24)13-21(20)29-23/h3-11,13H,12,14H2,1-2H3. The first-order valence-corrected chi connectivity index (χ1v) is 10.1. The second-order valence-electron chi connectivity index (χ2n) is 7.02. The monoisotopic (exact) mass is 405 g/mol. The van der Waals surface area contributed by atoms with Gasteiger partial charge >= 0.3 is 0 Å². The summed E-state index contributed by atoms with van der Waals surface area (Å²) < 4.78 is 14.3. The van der Waals surface area contributed by atoms with Gasteiger partial charge in [0.25, 0.3) is 0 Å². The van der Waals surface area contributed by atoms with E-state index in [0.717, 1.165) is 22.4 Å². The van der Waals surface area contributed by atoms with Gasteiger partial charge in [-0.25, -0.2) is 9.37 Å². The number of halogens is 1. The van der Waals surface area contributed by atoms with Crippen molar-refractivity contribution in [1.29, 1.82) is 0 Å². The highest BCUT2D eigenvalue weighted by molar-refractivity contribution is 7.22. The Labute approximate surface area is 172 Å². The van der Waals surface area contributed by atoms with Crippen molar-refractivity contribution >= 4 is 32.6 Å². The van der Waals surface area contributed by atoms with Crippen LogP contribution in [0.25, 0.3) is 10.2 Å². The maximum absolute atomic E-state index is 13.6. The summed E-state index contributed by atoms with van der Waals surface area (Å²) in [6.45, 7) is 4.36. The van der Waals surface area contributed by atoms with Gasteiger partial charge in [-0.2, -0.15) is 0 Å². The Bertz CT molecular complexity index is 1170. The van der Waals surface area contributed by atoms with E-state index in [0.29, 0.717) is 21.9 Å². The summed E-state index contributed by atoms with van der Waals surface area (Å²) in [5.41, 5.74) is 4.68. The lowest BCUT2D eigenvalue weighted by molar-refractivity contribution is -0.118. The predicted molar refractivity (Wildman–Crippen MR) is 115 cm³/mol. The molecule has 29 heavy (non-hydrogen) atoms. The van der Waals surface area contributed by atoms with Crippen LogP contribution in [0.15, 0.2) is 60.8 Å². The van der Waals surface area contributed by atoms with E-state index in [1.807, 2.05) is 44.2 Å². The highest BCUT2D eigenvalue weighted by Crippen LogP contribution is 2.31. The SMILES string of the molecule is Cc1ccc(CC(=O)N(Cc2ccccn2)c2nc3ccc(F)cc3s2)c(C)c1. The third kappa shape index (κ3) is 4.32. The van der Waals surface area contributed by atoms with Gasteiger partial charge in [0.1, 0.15) is 5.82 Å². The Morgan fingerprint density at radius 2 is 1.97 bits per heavy atom. The number of carbonyl (C=O) groups excluding carboxylic acids is 1. The van der Waals surface area contributed by atoms with Gasteiger partial charge in [0.05, 0.1) is 28.9 Å². The van der Waals surface area contributed by atoms with Crippen LogP contribution in [-0.4, -0.2) is 15.9 Å². The normalized spacial score (nSPS) is 11.0. The lowest BCUT2D eigenvalue weighted by atomic mass is 10.0. The molecular formula is C23H20FN3OS. The fourth-order valence-electron chi connectivity index (χ4n) is 3.22. The Balaban J connectivity index is 1.69. The number of benzene rings is 2. The van der Waals surface area contributed by atoms with Crippen LogP contribution in [0.2, 0.25) is 0 Å². The molecule has 4 rings (SSSR count). The minimum atomic E-state index is -0.314. The van der Waals surface area contributed by atoms with E-state index in [9.17, 15) is 9.18 Å². The Morgan fingerprint density at radius 3 is 2.72 bits per heavy atom. The molecule has 1 amide bonds. The largest absolute Gasteiger partial charge is 0.282 e. The van der Waals surface area contributed by atoms with Crippen molar-refractivity contribution in [3.05, 3.63) is 89.0 Å². The zero-order valence-electron chi connectivity index (χ0n) is 16.2. The molecule has 0 bridgehead atoms. The number of nitrogens with zero attached hydrogens (tertiary/aromatic N) is 3. The van der Waals surface area contributed by atoms with Crippen LogP contribution in [0.3, 0.4) is 0 Å². The van der Waals surface area contributed by atoms with Crippen molar-refractivity contribution in [2.75, 3.05) is 4.90 Å². The second kappa shape index (κ2) is 8.09. The van der Waals surface area contributed by atoms with Gasteiger partial charge in [-0.05, 0) is 55.3 Å². The molecule has 2 heterocycles. The number of aryl methyl sites for hydroxylation is 2. The molecule has 0 unspecified atom stereocenters. The lowest BCUT2D eigenvalue weighted by Crippen LogP contribution is -2.32. The van der Waals surface area contributed by atoms with Crippen molar-refractivity contribution < 1.29 is 9.18 Å². The summed E-state index contributed by atoms with van der Waals surface area (Å²) in [5, 5.41) is 0.547. The molecule has 0 N–H and O–H groups in total. The molecule has 0 atom stereocenters. The molecule has 0 saturated carbocycles. The van der Waals surface area contributed by atoms with Gasteiger partial charge in [-0.15, -0.1) is 0 Å².